The summed E-state index contributed by atoms with van der Waals surface area (Å²) in [4.78, 5) is 35.3. The van der Waals surface area contributed by atoms with Crippen LogP contribution >= 0.6 is 0 Å². The Bertz CT molecular complexity index is 1190. The van der Waals surface area contributed by atoms with Crippen molar-refractivity contribution >= 4 is 11.8 Å². The van der Waals surface area contributed by atoms with Crippen molar-refractivity contribution in [3.63, 3.8) is 0 Å². The first-order valence-corrected chi connectivity index (χ1v) is 13.0. The third-order valence-electron chi connectivity index (χ3n) is 6.71. The van der Waals surface area contributed by atoms with Gasteiger partial charge in [0.2, 0.25) is 5.91 Å². The highest BCUT2D eigenvalue weighted by molar-refractivity contribution is 5.97. The van der Waals surface area contributed by atoms with Crippen LogP contribution in [0.15, 0.2) is 72.9 Å². The summed E-state index contributed by atoms with van der Waals surface area (Å²) in [6.07, 6.45) is 2.22. The fraction of sp³-hybridized carbons (Fsp3) is 0.367. The summed E-state index contributed by atoms with van der Waals surface area (Å²) in [7, 11) is 0. The van der Waals surface area contributed by atoms with E-state index in [0.717, 1.165) is 23.4 Å². The number of rotatable bonds is 9. The van der Waals surface area contributed by atoms with E-state index in [1.165, 1.54) is 0 Å². The molecule has 7 nitrogen and oxygen atoms in total. The highest BCUT2D eigenvalue weighted by Crippen LogP contribution is 2.34. The zero-order valence-electron chi connectivity index (χ0n) is 22.1. The van der Waals surface area contributed by atoms with Gasteiger partial charge < -0.3 is 15.0 Å². The Hall–Kier alpha value is -3.71. The van der Waals surface area contributed by atoms with Gasteiger partial charge >= 0.3 is 0 Å². The minimum absolute atomic E-state index is 0.186. The number of nitrogens with one attached hydrogen (secondary N) is 1. The zero-order valence-corrected chi connectivity index (χ0v) is 22.1. The van der Waals surface area contributed by atoms with Crippen molar-refractivity contribution in [2.45, 2.75) is 52.2 Å². The first kappa shape index (κ1) is 26.4. The fourth-order valence-electron chi connectivity index (χ4n) is 4.95. The van der Waals surface area contributed by atoms with Crippen LogP contribution < -0.4 is 10.1 Å². The average Bonchev–Trinajstić information content (AvgIpc) is 2.90. The molecule has 0 saturated carbocycles. The van der Waals surface area contributed by atoms with Gasteiger partial charge in [-0.15, -0.1) is 0 Å². The van der Waals surface area contributed by atoms with Gasteiger partial charge in [-0.3, -0.25) is 19.5 Å². The number of hydrogen-bond acceptors (Lipinski definition) is 5. The van der Waals surface area contributed by atoms with Crippen LogP contribution in [0.2, 0.25) is 0 Å². The molecule has 1 unspecified atom stereocenters. The molecule has 1 aliphatic rings. The van der Waals surface area contributed by atoms with Crippen LogP contribution in [0.5, 0.6) is 11.5 Å². The number of nitrogens with zero attached hydrogens (tertiary/aromatic N) is 3. The largest absolute Gasteiger partial charge is 0.457 e. The molecule has 3 aromatic rings. The normalized spacial score (nSPS) is 15.1. The summed E-state index contributed by atoms with van der Waals surface area (Å²) in [5.74, 6) is 1.02. The Morgan fingerprint density at radius 1 is 1.00 bits per heavy atom. The number of hydrogen-bond donors (Lipinski definition) is 1. The minimum atomic E-state index is -0.740. The highest BCUT2D eigenvalue weighted by Gasteiger charge is 2.37. The lowest BCUT2D eigenvalue weighted by atomic mass is 9.91. The Labute approximate surface area is 219 Å². The second-order valence-corrected chi connectivity index (χ2v) is 9.86. The number of benzene rings is 2. The standard InChI is InChI=1S/C30H36N4O3/c1-21(2)33(22(3)4)19-17-32-29(35)28-26-14-13-25(37-24-10-6-5-7-11-24)20-23(26)15-18-34(28)30(36)27-12-8-9-16-31-27/h5-14,16,20-22,28H,15,17-19H2,1-4H3,(H,32,35). The monoisotopic (exact) mass is 500 g/mol. The SMILES string of the molecule is CC(C)N(CCNC(=O)C1c2ccc(Oc3ccccc3)cc2CCN1C(=O)c1ccccn1)C(C)C. The molecule has 0 saturated heterocycles. The second kappa shape index (κ2) is 12.0. The molecule has 0 radical (unpaired) electrons. The van der Waals surface area contributed by atoms with Gasteiger partial charge in [0.15, 0.2) is 0 Å². The zero-order chi connectivity index (χ0) is 26.4. The van der Waals surface area contributed by atoms with Crippen LogP contribution in [-0.4, -0.2) is 58.3 Å². The third-order valence-corrected chi connectivity index (χ3v) is 6.71. The highest BCUT2D eigenvalue weighted by atomic mass is 16.5. The molecular formula is C30H36N4O3. The van der Waals surface area contributed by atoms with Gasteiger partial charge in [-0.1, -0.05) is 30.3 Å². The van der Waals surface area contributed by atoms with Crippen molar-refractivity contribution in [2.75, 3.05) is 19.6 Å². The minimum Gasteiger partial charge on any atom is -0.457 e. The molecule has 0 bridgehead atoms. The molecule has 4 rings (SSSR count). The lowest BCUT2D eigenvalue weighted by Gasteiger charge is -2.37. The summed E-state index contributed by atoms with van der Waals surface area (Å²) in [6.45, 7) is 10.3. The molecule has 2 aromatic carbocycles. The Kier molecular flexibility index (Phi) is 8.56. The number of pyridine rings is 1. The molecule has 1 atom stereocenters. The Morgan fingerprint density at radius 2 is 1.73 bits per heavy atom. The average molecular weight is 501 g/mol. The predicted molar refractivity (Wildman–Crippen MR) is 145 cm³/mol. The molecular weight excluding hydrogens is 464 g/mol. The molecule has 7 heteroatoms. The quantitative estimate of drug-likeness (QED) is 0.455. The summed E-state index contributed by atoms with van der Waals surface area (Å²) in [5.41, 5.74) is 2.15. The molecule has 2 amide bonds. The van der Waals surface area contributed by atoms with Gasteiger partial charge in [0.1, 0.15) is 23.2 Å². The van der Waals surface area contributed by atoms with E-state index in [1.807, 2.05) is 48.5 Å². The van der Waals surface area contributed by atoms with Crippen LogP contribution in [-0.2, 0) is 11.2 Å². The second-order valence-electron chi connectivity index (χ2n) is 9.86. The third kappa shape index (κ3) is 6.35. The van der Waals surface area contributed by atoms with Gasteiger partial charge in [-0.05, 0) is 81.6 Å². The maximum Gasteiger partial charge on any atom is 0.273 e. The number of fused-ring (bicyclic) bond motifs is 1. The van der Waals surface area contributed by atoms with Crippen molar-refractivity contribution in [2.24, 2.45) is 0 Å². The molecule has 0 spiro atoms. The van der Waals surface area contributed by atoms with Crippen molar-refractivity contribution < 1.29 is 14.3 Å². The van der Waals surface area contributed by atoms with E-state index < -0.39 is 6.04 Å². The molecule has 194 valence electrons. The van der Waals surface area contributed by atoms with Crippen LogP contribution in [0.25, 0.3) is 0 Å². The van der Waals surface area contributed by atoms with E-state index >= 15 is 0 Å². The molecule has 1 aromatic heterocycles. The van der Waals surface area contributed by atoms with Gasteiger partial charge in [0.05, 0.1) is 0 Å². The first-order valence-electron chi connectivity index (χ1n) is 13.0. The molecule has 1 N–H and O–H groups in total. The van der Waals surface area contributed by atoms with Crippen LogP contribution in [0, 0.1) is 0 Å². The van der Waals surface area contributed by atoms with Crippen molar-refractivity contribution in [3.05, 3.63) is 89.7 Å². The number of carbonyl (C=O) groups excluding carboxylic acids is 2. The molecule has 2 heterocycles. The molecule has 0 fully saturated rings. The Balaban J connectivity index is 1.58. The van der Waals surface area contributed by atoms with Crippen LogP contribution in [0.1, 0.15) is 55.4 Å². The summed E-state index contributed by atoms with van der Waals surface area (Å²) in [5, 5.41) is 3.10. The summed E-state index contributed by atoms with van der Waals surface area (Å²) < 4.78 is 6.02. The summed E-state index contributed by atoms with van der Waals surface area (Å²) >= 11 is 0. The lowest BCUT2D eigenvalue weighted by Crippen LogP contribution is -2.49. The van der Waals surface area contributed by atoms with E-state index in [9.17, 15) is 9.59 Å². The number of carbonyl (C=O) groups is 2. The fourth-order valence-corrected chi connectivity index (χ4v) is 4.95. The first-order chi connectivity index (χ1) is 17.8. The van der Waals surface area contributed by atoms with E-state index in [2.05, 4.69) is 42.9 Å². The molecule has 0 aliphatic carbocycles. The van der Waals surface area contributed by atoms with Crippen molar-refractivity contribution in [1.29, 1.82) is 0 Å². The predicted octanol–water partition coefficient (Wildman–Crippen LogP) is 4.85. The van der Waals surface area contributed by atoms with Gasteiger partial charge in [-0.25, -0.2) is 0 Å². The van der Waals surface area contributed by atoms with Crippen molar-refractivity contribution in [3.8, 4) is 11.5 Å². The Morgan fingerprint density at radius 3 is 2.41 bits per heavy atom. The maximum atomic E-state index is 13.6. The van der Waals surface area contributed by atoms with Crippen LogP contribution in [0.3, 0.4) is 0 Å². The van der Waals surface area contributed by atoms with E-state index in [0.29, 0.717) is 43.0 Å². The maximum absolute atomic E-state index is 13.6. The number of ether oxygens (including phenoxy) is 1. The number of para-hydroxylation sites is 1. The smallest absolute Gasteiger partial charge is 0.273 e. The lowest BCUT2D eigenvalue weighted by molar-refractivity contribution is -0.126. The van der Waals surface area contributed by atoms with E-state index in [1.54, 1.807) is 29.3 Å². The van der Waals surface area contributed by atoms with E-state index in [-0.39, 0.29) is 11.8 Å². The number of amides is 2. The van der Waals surface area contributed by atoms with Crippen LogP contribution in [0.4, 0.5) is 0 Å². The van der Waals surface area contributed by atoms with E-state index in [4.69, 9.17) is 4.74 Å². The van der Waals surface area contributed by atoms with Gasteiger partial charge in [0.25, 0.3) is 5.91 Å². The van der Waals surface area contributed by atoms with Gasteiger partial charge in [-0.2, -0.15) is 0 Å². The summed E-state index contributed by atoms with van der Waals surface area (Å²) in [6, 6.07) is 20.6. The van der Waals surface area contributed by atoms with Gasteiger partial charge in [0, 0.05) is 37.9 Å². The molecule has 1 aliphatic heterocycles. The molecule has 37 heavy (non-hydrogen) atoms. The number of aromatic nitrogens is 1. The topological polar surface area (TPSA) is 74.8 Å². The van der Waals surface area contributed by atoms with Crippen molar-refractivity contribution in [1.82, 2.24) is 20.1 Å².